The van der Waals surface area contributed by atoms with Crippen molar-refractivity contribution in [3.63, 3.8) is 0 Å². The molecule has 0 aliphatic carbocycles. The average Bonchev–Trinajstić information content (AvgIpc) is 2.79. The number of carbonyl (C=O) groups excluding carboxylic acids is 1. The number of nitrogens with zero attached hydrogens (tertiary/aromatic N) is 3. The van der Waals surface area contributed by atoms with Gasteiger partial charge >= 0.3 is 5.97 Å². The third-order valence-electron chi connectivity index (χ3n) is 5.94. The van der Waals surface area contributed by atoms with Gasteiger partial charge < -0.3 is 14.4 Å². The van der Waals surface area contributed by atoms with Crippen molar-refractivity contribution in [3.8, 4) is 17.0 Å². The van der Waals surface area contributed by atoms with Crippen molar-refractivity contribution < 1.29 is 14.3 Å². The van der Waals surface area contributed by atoms with E-state index < -0.39 is 0 Å². The quantitative estimate of drug-likeness (QED) is 0.542. The summed E-state index contributed by atoms with van der Waals surface area (Å²) < 4.78 is 10.9. The Balaban J connectivity index is 1.49. The number of hydrogen-bond donors (Lipinski definition) is 0. The van der Waals surface area contributed by atoms with Crippen LogP contribution in [-0.2, 0) is 22.7 Å². The van der Waals surface area contributed by atoms with Crippen molar-refractivity contribution in [2.24, 2.45) is 0 Å². The van der Waals surface area contributed by atoms with Gasteiger partial charge in [-0.2, -0.15) is 4.98 Å². The largest absolute Gasteiger partial charge is 0.473 e. The first kappa shape index (κ1) is 21.8. The molecular weight excluding hydrogens is 402 g/mol. The average molecular weight is 432 g/mol. The minimum atomic E-state index is -0.238. The summed E-state index contributed by atoms with van der Waals surface area (Å²) in [4.78, 5) is 20.4. The van der Waals surface area contributed by atoms with Gasteiger partial charge in [-0.25, -0.2) is 0 Å². The van der Waals surface area contributed by atoms with Gasteiger partial charge in [-0.05, 0) is 47.7 Å². The van der Waals surface area contributed by atoms with E-state index >= 15 is 0 Å². The Morgan fingerprint density at radius 3 is 2.59 bits per heavy atom. The number of aromatic nitrogens is 1. The molecule has 0 unspecified atom stereocenters. The molecule has 0 bridgehead atoms. The molecule has 0 saturated carbocycles. The van der Waals surface area contributed by atoms with Crippen LogP contribution in [0.25, 0.3) is 11.1 Å². The van der Waals surface area contributed by atoms with Crippen molar-refractivity contribution in [2.75, 3.05) is 32.3 Å². The summed E-state index contributed by atoms with van der Waals surface area (Å²) >= 11 is 0. The van der Waals surface area contributed by atoms with Crippen molar-refractivity contribution in [3.05, 3.63) is 76.9 Å². The monoisotopic (exact) mass is 431 g/mol. The van der Waals surface area contributed by atoms with Crippen LogP contribution in [0.3, 0.4) is 0 Å². The lowest BCUT2D eigenvalue weighted by atomic mass is 9.94. The molecule has 2 heterocycles. The van der Waals surface area contributed by atoms with Crippen molar-refractivity contribution in [1.82, 2.24) is 9.88 Å². The van der Waals surface area contributed by atoms with Crippen LogP contribution in [0, 0.1) is 13.8 Å². The van der Waals surface area contributed by atoms with Crippen LogP contribution in [0.1, 0.15) is 22.3 Å². The lowest BCUT2D eigenvalue weighted by molar-refractivity contribution is -0.142. The molecule has 3 aromatic rings. The van der Waals surface area contributed by atoms with Crippen LogP contribution in [0.5, 0.6) is 5.88 Å². The van der Waals surface area contributed by atoms with E-state index in [0.717, 1.165) is 16.9 Å². The number of ether oxygens (including phenoxy) is 2. The molecule has 0 saturated heterocycles. The summed E-state index contributed by atoms with van der Waals surface area (Å²) in [6.45, 7) is 6.25. The first-order chi connectivity index (χ1) is 15.5. The number of rotatable bonds is 6. The Kier molecular flexibility index (Phi) is 6.42. The molecule has 1 aliphatic rings. The van der Waals surface area contributed by atoms with E-state index in [1.807, 2.05) is 29.0 Å². The number of fused-ring (bicyclic) bond motifs is 1. The number of pyridine rings is 1. The van der Waals surface area contributed by atoms with E-state index in [1.54, 1.807) is 0 Å². The van der Waals surface area contributed by atoms with E-state index in [4.69, 9.17) is 14.5 Å². The first-order valence-corrected chi connectivity index (χ1v) is 10.7. The van der Waals surface area contributed by atoms with Gasteiger partial charge in [0.2, 0.25) is 5.88 Å². The number of aryl methyl sites for hydroxylation is 1. The molecule has 0 N–H and O–H groups in total. The second kappa shape index (κ2) is 9.40. The predicted octanol–water partition coefficient (Wildman–Crippen LogP) is 4.33. The van der Waals surface area contributed by atoms with Gasteiger partial charge in [0.15, 0.2) is 0 Å². The number of anilines is 1. The molecule has 0 amide bonds. The van der Waals surface area contributed by atoms with Crippen molar-refractivity contribution in [2.45, 2.75) is 27.0 Å². The highest BCUT2D eigenvalue weighted by Crippen LogP contribution is 2.30. The summed E-state index contributed by atoms with van der Waals surface area (Å²) in [6, 6.07) is 18.7. The molecule has 32 heavy (non-hydrogen) atoms. The fraction of sp³-hybridized carbons (Fsp3) is 0.308. The number of methoxy groups -OCH3 is 1. The molecule has 0 atom stereocenters. The van der Waals surface area contributed by atoms with Crippen LogP contribution in [0.2, 0.25) is 0 Å². The van der Waals surface area contributed by atoms with Gasteiger partial charge in [0.25, 0.3) is 0 Å². The smallest absolute Gasteiger partial charge is 0.319 e. The van der Waals surface area contributed by atoms with E-state index in [9.17, 15) is 4.79 Å². The zero-order valence-corrected chi connectivity index (χ0v) is 19.1. The number of esters is 1. The summed E-state index contributed by atoms with van der Waals surface area (Å²) in [7, 11) is 3.38. The van der Waals surface area contributed by atoms with Crippen LogP contribution < -0.4 is 9.64 Å². The molecule has 4 rings (SSSR count). The van der Waals surface area contributed by atoms with Gasteiger partial charge in [-0.15, -0.1) is 0 Å². The van der Waals surface area contributed by atoms with Crippen LogP contribution in [-0.4, -0.2) is 43.2 Å². The highest BCUT2D eigenvalue weighted by molar-refractivity contribution is 5.72. The second-order valence-corrected chi connectivity index (χ2v) is 8.23. The summed E-state index contributed by atoms with van der Waals surface area (Å²) in [5.41, 5.74) is 7.16. The molecule has 6 nitrogen and oxygen atoms in total. The predicted molar refractivity (Wildman–Crippen MR) is 126 cm³/mol. The number of benzene rings is 2. The Morgan fingerprint density at radius 1 is 1.03 bits per heavy atom. The third kappa shape index (κ3) is 4.60. The van der Waals surface area contributed by atoms with E-state index in [1.165, 1.54) is 29.4 Å². The van der Waals surface area contributed by atoms with Crippen LogP contribution >= 0.6 is 0 Å². The molecule has 6 heteroatoms. The van der Waals surface area contributed by atoms with Gasteiger partial charge in [-0.3, -0.25) is 9.69 Å². The Morgan fingerprint density at radius 2 is 1.81 bits per heavy atom. The fourth-order valence-corrected chi connectivity index (χ4v) is 4.16. The van der Waals surface area contributed by atoms with Gasteiger partial charge in [0, 0.05) is 25.2 Å². The van der Waals surface area contributed by atoms with Gasteiger partial charge in [-0.1, -0.05) is 42.5 Å². The zero-order valence-electron chi connectivity index (χ0n) is 19.1. The van der Waals surface area contributed by atoms with Crippen LogP contribution in [0.15, 0.2) is 54.6 Å². The lowest BCUT2D eigenvalue weighted by Gasteiger charge is -2.34. The fourth-order valence-electron chi connectivity index (χ4n) is 4.16. The van der Waals surface area contributed by atoms with Crippen molar-refractivity contribution >= 4 is 11.8 Å². The van der Waals surface area contributed by atoms with E-state index in [-0.39, 0.29) is 12.5 Å². The molecule has 166 valence electrons. The molecule has 1 aliphatic heterocycles. The summed E-state index contributed by atoms with van der Waals surface area (Å²) in [5, 5.41) is 0. The Bertz CT molecular complexity index is 1130. The topological polar surface area (TPSA) is 54.9 Å². The Labute approximate surface area is 189 Å². The SMILES string of the molecule is COC(=O)CN1Cc2ccc(OCc3cccc(-c4ccccc4C)c3C)nc2N(C)C1. The maximum Gasteiger partial charge on any atom is 0.319 e. The van der Waals surface area contributed by atoms with E-state index in [0.29, 0.717) is 25.7 Å². The molecule has 0 fully saturated rings. The zero-order chi connectivity index (χ0) is 22.7. The summed E-state index contributed by atoms with van der Waals surface area (Å²) in [5.74, 6) is 1.24. The minimum absolute atomic E-state index is 0.238. The minimum Gasteiger partial charge on any atom is -0.473 e. The van der Waals surface area contributed by atoms with E-state index in [2.05, 4.69) is 56.3 Å². The molecule has 2 aromatic carbocycles. The molecule has 0 radical (unpaired) electrons. The highest BCUT2D eigenvalue weighted by atomic mass is 16.5. The third-order valence-corrected chi connectivity index (χ3v) is 5.94. The molecular formula is C26H29N3O3. The maximum atomic E-state index is 11.6. The van der Waals surface area contributed by atoms with Gasteiger partial charge in [0.05, 0.1) is 20.3 Å². The normalized spacial score (nSPS) is 13.6. The lowest BCUT2D eigenvalue weighted by Crippen LogP contribution is -2.43. The molecule has 1 aromatic heterocycles. The maximum absolute atomic E-state index is 11.6. The Hall–Kier alpha value is -3.38. The van der Waals surface area contributed by atoms with Crippen molar-refractivity contribution in [1.29, 1.82) is 0 Å². The standard InChI is InChI=1S/C26H29N3O3/c1-18-8-5-6-10-22(18)23-11-7-9-21(19(23)2)16-32-24-13-12-20-14-29(15-25(30)31-4)17-28(3)26(20)27-24/h5-13H,14-17H2,1-4H3. The number of carbonyl (C=O) groups is 1. The summed E-state index contributed by atoms with van der Waals surface area (Å²) in [6.07, 6.45) is 0. The highest BCUT2D eigenvalue weighted by Gasteiger charge is 2.23. The molecule has 0 spiro atoms. The number of hydrogen-bond acceptors (Lipinski definition) is 6. The van der Waals surface area contributed by atoms with Gasteiger partial charge in [0.1, 0.15) is 12.4 Å². The second-order valence-electron chi connectivity index (χ2n) is 8.23. The first-order valence-electron chi connectivity index (χ1n) is 10.7. The van der Waals surface area contributed by atoms with Crippen LogP contribution in [0.4, 0.5) is 5.82 Å².